The van der Waals surface area contributed by atoms with Crippen molar-refractivity contribution >= 4 is 21.8 Å². The van der Waals surface area contributed by atoms with E-state index in [9.17, 15) is 4.79 Å². The first kappa shape index (κ1) is 13.6. The van der Waals surface area contributed by atoms with Crippen molar-refractivity contribution in [2.45, 2.75) is 19.8 Å². The fraction of sp³-hybridized carbons (Fsp3) is 0.500. The van der Waals surface area contributed by atoms with E-state index >= 15 is 0 Å². The number of aliphatic hydroxyl groups excluding tert-OH is 1. The van der Waals surface area contributed by atoms with E-state index < -0.39 is 0 Å². The van der Waals surface area contributed by atoms with E-state index in [1.165, 1.54) is 0 Å². The van der Waals surface area contributed by atoms with Crippen LogP contribution in [0.3, 0.4) is 0 Å². The molecular weight excluding hydrogens is 294 g/mol. The van der Waals surface area contributed by atoms with Crippen LogP contribution in [0.4, 0.5) is 0 Å². The maximum absolute atomic E-state index is 12.3. The van der Waals surface area contributed by atoms with Gasteiger partial charge in [-0.05, 0) is 49.4 Å². The number of nitrogens with zero attached hydrogens (tertiary/aromatic N) is 1. The van der Waals surface area contributed by atoms with Gasteiger partial charge in [-0.3, -0.25) is 4.79 Å². The van der Waals surface area contributed by atoms with Gasteiger partial charge in [0.2, 0.25) is 0 Å². The largest absolute Gasteiger partial charge is 0.396 e. The van der Waals surface area contributed by atoms with Gasteiger partial charge >= 0.3 is 0 Å². The van der Waals surface area contributed by atoms with Gasteiger partial charge in [0, 0.05) is 29.7 Å². The molecule has 0 aliphatic carbocycles. The molecule has 0 atom stereocenters. The van der Waals surface area contributed by atoms with E-state index in [-0.39, 0.29) is 12.5 Å². The van der Waals surface area contributed by atoms with Crippen LogP contribution in [0.25, 0.3) is 0 Å². The molecular formula is C14H18BrNO2. The normalized spacial score (nSPS) is 16.9. The number of amides is 1. The Morgan fingerprint density at radius 1 is 1.44 bits per heavy atom. The summed E-state index contributed by atoms with van der Waals surface area (Å²) >= 11 is 3.44. The Hall–Kier alpha value is -0.870. The molecule has 0 aromatic heterocycles. The van der Waals surface area contributed by atoms with Crippen molar-refractivity contribution in [3.05, 3.63) is 33.8 Å². The zero-order chi connectivity index (χ0) is 13.1. The SMILES string of the molecule is Cc1cc(C(=O)N2CCC(CO)CC2)ccc1Br. The van der Waals surface area contributed by atoms with Crippen LogP contribution in [0.5, 0.6) is 0 Å². The molecule has 0 unspecified atom stereocenters. The molecule has 1 aliphatic heterocycles. The molecule has 4 heteroatoms. The van der Waals surface area contributed by atoms with Crippen molar-refractivity contribution in [2.75, 3.05) is 19.7 Å². The van der Waals surface area contributed by atoms with E-state index in [1.54, 1.807) is 0 Å². The van der Waals surface area contributed by atoms with Crippen LogP contribution < -0.4 is 0 Å². The van der Waals surface area contributed by atoms with Crippen LogP contribution in [-0.2, 0) is 0 Å². The summed E-state index contributed by atoms with van der Waals surface area (Å²) in [6.45, 7) is 3.72. The van der Waals surface area contributed by atoms with Crippen molar-refractivity contribution in [3.63, 3.8) is 0 Å². The van der Waals surface area contributed by atoms with Crippen LogP contribution in [0.15, 0.2) is 22.7 Å². The zero-order valence-corrected chi connectivity index (χ0v) is 12.1. The molecule has 0 saturated carbocycles. The number of piperidine rings is 1. The molecule has 0 spiro atoms. The van der Waals surface area contributed by atoms with Crippen molar-refractivity contribution < 1.29 is 9.90 Å². The number of aliphatic hydroxyl groups is 1. The molecule has 18 heavy (non-hydrogen) atoms. The highest BCUT2D eigenvalue weighted by atomic mass is 79.9. The molecule has 0 radical (unpaired) electrons. The summed E-state index contributed by atoms with van der Waals surface area (Å²) in [5.74, 6) is 0.461. The highest BCUT2D eigenvalue weighted by Gasteiger charge is 2.23. The standard InChI is InChI=1S/C14H18BrNO2/c1-10-8-12(2-3-13(10)15)14(18)16-6-4-11(9-17)5-7-16/h2-3,8,11,17H,4-7,9H2,1H3. The number of carbonyl (C=O) groups excluding carboxylic acids is 1. The Balaban J connectivity index is 2.05. The minimum absolute atomic E-state index is 0.0991. The highest BCUT2D eigenvalue weighted by Crippen LogP contribution is 2.21. The molecule has 0 bridgehead atoms. The van der Waals surface area contributed by atoms with Gasteiger partial charge in [-0.2, -0.15) is 0 Å². The van der Waals surface area contributed by atoms with Crippen LogP contribution in [0, 0.1) is 12.8 Å². The third-order valence-corrected chi connectivity index (χ3v) is 4.45. The van der Waals surface area contributed by atoms with Gasteiger partial charge in [-0.15, -0.1) is 0 Å². The molecule has 1 fully saturated rings. The van der Waals surface area contributed by atoms with Gasteiger partial charge in [0.25, 0.3) is 5.91 Å². The van der Waals surface area contributed by atoms with E-state index in [0.29, 0.717) is 5.92 Å². The Kier molecular flexibility index (Phi) is 4.40. The van der Waals surface area contributed by atoms with E-state index in [1.807, 2.05) is 30.0 Å². The summed E-state index contributed by atoms with van der Waals surface area (Å²) < 4.78 is 1.03. The summed E-state index contributed by atoms with van der Waals surface area (Å²) in [5.41, 5.74) is 1.82. The lowest BCUT2D eigenvalue weighted by Crippen LogP contribution is -2.39. The molecule has 1 heterocycles. The maximum Gasteiger partial charge on any atom is 0.253 e. The van der Waals surface area contributed by atoms with E-state index in [2.05, 4.69) is 15.9 Å². The van der Waals surface area contributed by atoms with Crippen LogP contribution >= 0.6 is 15.9 Å². The van der Waals surface area contributed by atoms with Gasteiger partial charge in [0.05, 0.1) is 0 Å². The number of hydrogen-bond acceptors (Lipinski definition) is 2. The first-order valence-electron chi connectivity index (χ1n) is 6.28. The van der Waals surface area contributed by atoms with Crippen LogP contribution in [-0.4, -0.2) is 35.6 Å². The fourth-order valence-corrected chi connectivity index (χ4v) is 2.53. The van der Waals surface area contributed by atoms with Crippen LogP contribution in [0.2, 0.25) is 0 Å². The topological polar surface area (TPSA) is 40.5 Å². The number of likely N-dealkylation sites (tertiary alicyclic amines) is 1. The number of halogens is 1. The Bertz CT molecular complexity index is 439. The predicted molar refractivity (Wildman–Crippen MR) is 74.6 cm³/mol. The molecule has 3 nitrogen and oxygen atoms in total. The fourth-order valence-electron chi connectivity index (χ4n) is 2.28. The Morgan fingerprint density at radius 3 is 2.67 bits per heavy atom. The Labute approximate surface area is 116 Å². The summed E-state index contributed by atoms with van der Waals surface area (Å²) in [5, 5.41) is 9.09. The van der Waals surface area contributed by atoms with Crippen molar-refractivity contribution in [2.24, 2.45) is 5.92 Å². The van der Waals surface area contributed by atoms with Crippen molar-refractivity contribution in [3.8, 4) is 0 Å². The minimum Gasteiger partial charge on any atom is -0.396 e. The number of rotatable bonds is 2. The van der Waals surface area contributed by atoms with Gasteiger partial charge in [-0.25, -0.2) is 0 Å². The van der Waals surface area contributed by atoms with Gasteiger partial charge in [0.1, 0.15) is 0 Å². The average molecular weight is 312 g/mol. The first-order valence-corrected chi connectivity index (χ1v) is 7.07. The number of carbonyl (C=O) groups is 1. The Morgan fingerprint density at radius 2 is 2.11 bits per heavy atom. The van der Waals surface area contributed by atoms with Gasteiger partial charge in [0.15, 0.2) is 0 Å². The molecule has 1 saturated heterocycles. The summed E-state index contributed by atoms with van der Waals surface area (Å²) in [4.78, 5) is 14.2. The number of aryl methyl sites for hydroxylation is 1. The highest BCUT2D eigenvalue weighted by molar-refractivity contribution is 9.10. The van der Waals surface area contributed by atoms with Crippen molar-refractivity contribution in [1.29, 1.82) is 0 Å². The van der Waals surface area contributed by atoms with Gasteiger partial charge in [-0.1, -0.05) is 15.9 Å². The molecule has 1 N–H and O–H groups in total. The summed E-state index contributed by atoms with van der Waals surface area (Å²) in [7, 11) is 0. The summed E-state index contributed by atoms with van der Waals surface area (Å²) in [6.07, 6.45) is 1.80. The molecule has 2 rings (SSSR count). The third-order valence-electron chi connectivity index (χ3n) is 3.56. The van der Waals surface area contributed by atoms with Crippen molar-refractivity contribution in [1.82, 2.24) is 4.90 Å². The smallest absolute Gasteiger partial charge is 0.253 e. The van der Waals surface area contributed by atoms with Crippen LogP contribution in [0.1, 0.15) is 28.8 Å². The second-order valence-electron chi connectivity index (χ2n) is 4.88. The molecule has 1 amide bonds. The lowest BCUT2D eigenvalue weighted by molar-refractivity contribution is 0.0651. The average Bonchev–Trinajstić information content (AvgIpc) is 2.41. The number of benzene rings is 1. The lowest BCUT2D eigenvalue weighted by Gasteiger charge is -2.31. The quantitative estimate of drug-likeness (QED) is 0.912. The second-order valence-corrected chi connectivity index (χ2v) is 5.74. The second kappa shape index (κ2) is 5.85. The lowest BCUT2D eigenvalue weighted by atomic mass is 9.97. The predicted octanol–water partition coefficient (Wildman–Crippen LogP) is 2.60. The third kappa shape index (κ3) is 2.93. The minimum atomic E-state index is 0.0991. The zero-order valence-electron chi connectivity index (χ0n) is 10.5. The summed E-state index contributed by atoms with van der Waals surface area (Å²) in [6, 6.07) is 5.70. The molecule has 98 valence electrons. The number of hydrogen-bond donors (Lipinski definition) is 1. The molecule has 1 aliphatic rings. The first-order chi connectivity index (χ1) is 8.61. The molecule has 1 aromatic rings. The molecule has 1 aromatic carbocycles. The van der Waals surface area contributed by atoms with Gasteiger partial charge < -0.3 is 10.0 Å². The maximum atomic E-state index is 12.3. The van der Waals surface area contributed by atoms with E-state index in [0.717, 1.165) is 41.5 Å². The van der Waals surface area contributed by atoms with E-state index in [4.69, 9.17) is 5.11 Å². The monoisotopic (exact) mass is 311 g/mol.